The maximum absolute atomic E-state index is 12.1. The first-order valence-corrected chi connectivity index (χ1v) is 8.93. The van der Waals surface area contributed by atoms with Crippen LogP contribution in [-0.4, -0.2) is 14.3 Å². The Bertz CT molecular complexity index is 766. The van der Waals surface area contributed by atoms with Crippen LogP contribution in [-0.2, 0) is 23.0 Å². The van der Waals surface area contributed by atoms with Crippen LogP contribution >= 0.6 is 0 Å². The van der Waals surface area contributed by atoms with Crippen LogP contribution < -0.4 is 10.5 Å². The highest BCUT2D eigenvalue weighted by Crippen LogP contribution is 2.10. The van der Waals surface area contributed by atoms with Crippen LogP contribution in [0.4, 0.5) is 0 Å². The van der Waals surface area contributed by atoms with Crippen molar-refractivity contribution in [2.24, 2.45) is 5.14 Å². The van der Waals surface area contributed by atoms with Crippen molar-refractivity contribution < 1.29 is 13.2 Å². The van der Waals surface area contributed by atoms with Gasteiger partial charge in [-0.2, -0.15) is 0 Å². The standard InChI is InChI=1S/C17H20N2O3S/c1-2-3-13-4-8-15(9-5-13)17(20)19-12-14-6-10-16(11-7-14)23(18,21)22/h4-11H,2-3,12H2,1H3,(H,19,20)(H2,18,21,22). The number of aryl methyl sites for hydroxylation is 1. The average Bonchev–Trinajstić information content (AvgIpc) is 2.53. The van der Waals surface area contributed by atoms with Crippen molar-refractivity contribution in [2.75, 3.05) is 0 Å². The van der Waals surface area contributed by atoms with Gasteiger partial charge in [-0.05, 0) is 41.8 Å². The zero-order valence-corrected chi connectivity index (χ0v) is 13.8. The summed E-state index contributed by atoms with van der Waals surface area (Å²) in [5.74, 6) is -0.163. The summed E-state index contributed by atoms with van der Waals surface area (Å²) in [6.45, 7) is 2.43. The lowest BCUT2D eigenvalue weighted by Gasteiger charge is -2.07. The summed E-state index contributed by atoms with van der Waals surface area (Å²) in [6, 6.07) is 13.6. The lowest BCUT2D eigenvalue weighted by atomic mass is 10.1. The Labute approximate surface area is 136 Å². The van der Waals surface area contributed by atoms with Gasteiger partial charge in [-0.1, -0.05) is 37.6 Å². The number of carbonyl (C=O) groups is 1. The van der Waals surface area contributed by atoms with Crippen LogP contribution in [0.2, 0.25) is 0 Å². The normalized spacial score (nSPS) is 11.2. The first-order chi connectivity index (χ1) is 10.9. The lowest BCUT2D eigenvalue weighted by Crippen LogP contribution is -2.22. The SMILES string of the molecule is CCCc1ccc(C(=O)NCc2ccc(S(N)(=O)=O)cc2)cc1. The van der Waals surface area contributed by atoms with Crippen LogP contribution in [0.25, 0.3) is 0 Å². The Balaban J connectivity index is 1.96. The third-order valence-electron chi connectivity index (χ3n) is 3.46. The molecular weight excluding hydrogens is 312 g/mol. The third-order valence-corrected chi connectivity index (χ3v) is 4.39. The second-order valence-electron chi connectivity index (χ2n) is 5.32. The smallest absolute Gasteiger partial charge is 0.251 e. The molecule has 2 rings (SSSR count). The summed E-state index contributed by atoms with van der Waals surface area (Å²) in [5.41, 5.74) is 2.61. The van der Waals surface area contributed by atoms with Crippen LogP contribution in [0, 0.1) is 0 Å². The van der Waals surface area contributed by atoms with Gasteiger partial charge in [0.25, 0.3) is 5.91 Å². The molecule has 3 N–H and O–H groups in total. The van der Waals surface area contributed by atoms with Crippen LogP contribution in [0.1, 0.15) is 34.8 Å². The number of nitrogens with one attached hydrogen (secondary N) is 1. The first-order valence-electron chi connectivity index (χ1n) is 7.39. The van der Waals surface area contributed by atoms with Gasteiger partial charge in [0.1, 0.15) is 0 Å². The van der Waals surface area contributed by atoms with Crippen molar-refractivity contribution in [2.45, 2.75) is 31.2 Å². The van der Waals surface area contributed by atoms with E-state index >= 15 is 0 Å². The molecule has 0 atom stereocenters. The minimum absolute atomic E-state index is 0.0547. The number of benzene rings is 2. The average molecular weight is 332 g/mol. The summed E-state index contributed by atoms with van der Waals surface area (Å²) in [7, 11) is -3.69. The van der Waals surface area contributed by atoms with Gasteiger partial charge in [-0.15, -0.1) is 0 Å². The maximum Gasteiger partial charge on any atom is 0.251 e. The van der Waals surface area contributed by atoms with Gasteiger partial charge in [-0.3, -0.25) is 4.79 Å². The van der Waals surface area contributed by atoms with E-state index in [1.807, 2.05) is 24.3 Å². The monoisotopic (exact) mass is 332 g/mol. The Morgan fingerprint density at radius 1 is 1.00 bits per heavy atom. The van der Waals surface area contributed by atoms with Crippen LogP contribution in [0.15, 0.2) is 53.4 Å². The van der Waals surface area contributed by atoms with Crippen molar-refractivity contribution >= 4 is 15.9 Å². The van der Waals surface area contributed by atoms with Gasteiger partial charge < -0.3 is 5.32 Å². The van der Waals surface area contributed by atoms with Crippen molar-refractivity contribution in [1.82, 2.24) is 5.32 Å². The molecule has 0 spiro atoms. The molecule has 1 amide bonds. The van der Waals surface area contributed by atoms with E-state index < -0.39 is 10.0 Å². The van der Waals surface area contributed by atoms with Crippen molar-refractivity contribution in [3.05, 3.63) is 65.2 Å². The van der Waals surface area contributed by atoms with E-state index in [1.54, 1.807) is 12.1 Å². The van der Waals surface area contributed by atoms with Crippen LogP contribution in [0.3, 0.4) is 0 Å². The van der Waals surface area contributed by atoms with Gasteiger partial charge in [-0.25, -0.2) is 13.6 Å². The van der Waals surface area contributed by atoms with E-state index in [0.717, 1.165) is 18.4 Å². The Morgan fingerprint density at radius 3 is 2.09 bits per heavy atom. The molecule has 0 aliphatic carbocycles. The summed E-state index contributed by atoms with van der Waals surface area (Å²) in [5, 5.41) is 7.85. The molecule has 0 saturated heterocycles. The highest BCUT2D eigenvalue weighted by molar-refractivity contribution is 7.89. The molecule has 0 unspecified atom stereocenters. The minimum atomic E-state index is -3.69. The largest absolute Gasteiger partial charge is 0.348 e. The van der Waals surface area contributed by atoms with E-state index in [9.17, 15) is 13.2 Å². The number of nitrogens with two attached hydrogens (primary N) is 1. The van der Waals surface area contributed by atoms with Crippen molar-refractivity contribution in [3.8, 4) is 0 Å². The fraction of sp³-hybridized carbons (Fsp3) is 0.235. The van der Waals surface area contributed by atoms with Gasteiger partial charge in [0.2, 0.25) is 10.0 Å². The van der Waals surface area contributed by atoms with E-state index in [4.69, 9.17) is 5.14 Å². The molecule has 0 aromatic heterocycles. The lowest BCUT2D eigenvalue weighted by molar-refractivity contribution is 0.0951. The second kappa shape index (κ2) is 7.39. The Kier molecular flexibility index (Phi) is 5.52. The number of carbonyl (C=O) groups excluding carboxylic acids is 1. The molecule has 0 bridgehead atoms. The molecule has 6 heteroatoms. The molecule has 5 nitrogen and oxygen atoms in total. The topological polar surface area (TPSA) is 89.3 Å². The van der Waals surface area contributed by atoms with E-state index in [-0.39, 0.29) is 10.8 Å². The predicted octanol–water partition coefficient (Wildman–Crippen LogP) is 2.22. The first kappa shape index (κ1) is 17.2. The number of hydrogen-bond acceptors (Lipinski definition) is 3. The summed E-state index contributed by atoms with van der Waals surface area (Å²) < 4.78 is 22.4. The summed E-state index contributed by atoms with van der Waals surface area (Å²) in [4.78, 5) is 12.1. The highest BCUT2D eigenvalue weighted by Gasteiger charge is 2.08. The zero-order chi connectivity index (χ0) is 16.9. The third kappa shape index (κ3) is 4.91. The highest BCUT2D eigenvalue weighted by atomic mass is 32.2. The summed E-state index contributed by atoms with van der Waals surface area (Å²) >= 11 is 0. The molecule has 2 aromatic carbocycles. The molecular formula is C17H20N2O3S. The molecule has 0 fully saturated rings. The number of primary sulfonamides is 1. The number of amides is 1. The molecule has 23 heavy (non-hydrogen) atoms. The zero-order valence-electron chi connectivity index (χ0n) is 13.0. The van der Waals surface area contributed by atoms with Gasteiger partial charge in [0.05, 0.1) is 4.90 Å². The second-order valence-corrected chi connectivity index (χ2v) is 6.88. The fourth-order valence-electron chi connectivity index (χ4n) is 2.19. The van der Waals surface area contributed by atoms with Gasteiger partial charge >= 0.3 is 0 Å². The van der Waals surface area contributed by atoms with E-state index in [2.05, 4.69) is 12.2 Å². The van der Waals surface area contributed by atoms with Gasteiger partial charge in [0.15, 0.2) is 0 Å². The molecule has 122 valence electrons. The molecule has 0 saturated carbocycles. The number of rotatable bonds is 6. The predicted molar refractivity (Wildman–Crippen MR) is 89.4 cm³/mol. The quantitative estimate of drug-likeness (QED) is 0.850. The fourth-order valence-corrected chi connectivity index (χ4v) is 2.71. The Morgan fingerprint density at radius 2 is 1.57 bits per heavy atom. The minimum Gasteiger partial charge on any atom is -0.348 e. The molecule has 0 aliphatic rings. The molecule has 0 heterocycles. The summed E-state index contributed by atoms with van der Waals surface area (Å²) in [6.07, 6.45) is 2.07. The number of sulfonamides is 1. The Hall–Kier alpha value is -2.18. The molecule has 2 aromatic rings. The number of hydrogen-bond donors (Lipinski definition) is 2. The maximum atomic E-state index is 12.1. The molecule has 0 aliphatic heterocycles. The van der Waals surface area contributed by atoms with Crippen molar-refractivity contribution in [3.63, 3.8) is 0 Å². The van der Waals surface area contributed by atoms with Crippen LogP contribution in [0.5, 0.6) is 0 Å². The van der Waals surface area contributed by atoms with Crippen molar-refractivity contribution in [1.29, 1.82) is 0 Å². The van der Waals surface area contributed by atoms with E-state index in [0.29, 0.717) is 12.1 Å². The van der Waals surface area contributed by atoms with Gasteiger partial charge in [0, 0.05) is 12.1 Å². The molecule has 0 radical (unpaired) electrons. The van der Waals surface area contributed by atoms with E-state index in [1.165, 1.54) is 17.7 Å².